The maximum atomic E-state index is 12.7. The fraction of sp³-hybridized carbons (Fsp3) is 0.174. The quantitative estimate of drug-likeness (QED) is 0.406. The third-order valence-electron chi connectivity index (χ3n) is 4.82. The fourth-order valence-electron chi connectivity index (χ4n) is 3.14. The van der Waals surface area contributed by atoms with Crippen molar-refractivity contribution in [2.24, 2.45) is 7.05 Å². The largest absolute Gasteiger partial charge is 0.454 e. The van der Waals surface area contributed by atoms with Gasteiger partial charge in [0.15, 0.2) is 6.61 Å². The van der Waals surface area contributed by atoms with Crippen molar-refractivity contribution in [2.45, 2.75) is 13.5 Å². The molecule has 1 amide bonds. The number of hydrogen-bond donors (Lipinski definition) is 2. The van der Waals surface area contributed by atoms with E-state index in [9.17, 15) is 24.0 Å². The second kappa shape index (κ2) is 9.77. The SMILES string of the molecule is CC(=O)Nc1ccc(C(=O)OCC(=O)c2c(N)n(Cc3ccccc3)c(=O)n(C)c2=O)cc1. The lowest BCUT2D eigenvalue weighted by atomic mass is 10.1. The lowest BCUT2D eigenvalue weighted by molar-refractivity contribution is -0.114. The molecule has 0 spiro atoms. The van der Waals surface area contributed by atoms with E-state index in [1.54, 1.807) is 24.3 Å². The lowest BCUT2D eigenvalue weighted by Crippen LogP contribution is -2.43. The molecule has 0 atom stereocenters. The highest BCUT2D eigenvalue weighted by Crippen LogP contribution is 2.12. The van der Waals surface area contributed by atoms with Gasteiger partial charge in [-0.1, -0.05) is 30.3 Å². The average Bonchev–Trinajstić information content (AvgIpc) is 2.80. The number of carbonyl (C=O) groups is 3. The first-order chi connectivity index (χ1) is 15.7. The topological polar surface area (TPSA) is 142 Å². The Morgan fingerprint density at radius 3 is 2.24 bits per heavy atom. The lowest BCUT2D eigenvalue weighted by Gasteiger charge is -2.14. The van der Waals surface area contributed by atoms with Gasteiger partial charge in [0.05, 0.1) is 12.1 Å². The van der Waals surface area contributed by atoms with E-state index in [1.165, 1.54) is 38.2 Å². The molecule has 33 heavy (non-hydrogen) atoms. The fourth-order valence-corrected chi connectivity index (χ4v) is 3.14. The van der Waals surface area contributed by atoms with E-state index in [1.807, 2.05) is 6.07 Å². The molecule has 0 aliphatic carbocycles. The van der Waals surface area contributed by atoms with Crippen LogP contribution in [0.4, 0.5) is 11.5 Å². The standard InChI is InChI=1S/C23H22N4O6/c1-14(28)25-17-10-8-16(9-11-17)22(31)33-13-18(29)19-20(24)27(23(32)26(2)21(19)30)12-15-6-4-3-5-7-15/h3-11H,12-13,24H2,1-2H3,(H,25,28). The minimum Gasteiger partial charge on any atom is -0.454 e. The number of carbonyl (C=O) groups excluding carboxylic acids is 3. The van der Waals surface area contributed by atoms with Crippen molar-refractivity contribution >= 4 is 29.2 Å². The van der Waals surface area contributed by atoms with Crippen LogP contribution in [0.25, 0.3) is 0 Å². The summed E-state index contributed by atoms with van der Waals surface area (Å²) < 4.78 is 6.94. The van der Waals surface area contributed by atoms with Crippen molar-refractivity contribution in [1.29, 1.82) is 0 Å². The van der Waals surface area contributed by atoms with E-state index >= 15 is 0 Å². The molecule has 0 bridgehead atoms. The Labute approximate surface area is 188 Å². The molecular weight excluding hydrogens is 428 g/mol. The van der Waals surface area contributed by atoms with E-state index in [-0.39, 0.29) is 23.8 Å². The van der Waals surface area contributed by atoms with Crippen LogP contribution in [0.2, 0.25) is 0 Å². The Morgan fingerprint density at radius 2 is 1.64 bits per heavy atom. The van der Waals surface area contributed by atoms with Crippen LogP contribution in [0.1, 0.15) is 33.2 Å². The zero-order valence-electron chi connectivity index (χ0n) is 18.0. The van der Waals surface area contributed by atoms with E-state index in [4.69, 9.17) is 10.5 Å². The monoisotopic (exact) mass is 450 g/mol. The van der Waals surface area contributed by atoms with Crippen molar-refractivity contribution in [1.82, 2.24) is 9.13 Å². The van der Waals surface area contributed by atoms with Gasteiger partial charge in [0.1, 0.15) is 11.4 Å². The molecule has 0 aliphatic rings. The number of aromatic nitrogens is 2. The number of ether oxygens (including phenoxy) is 1. The summed E-state index contributed by atoms with van der Waals surface area (Å²) in [6, 6.07) is 14.8. The van der Waals surface area contributed by atoms with Gasteiger partial charge in [-0.3, -0.25) is 23.5 Å². The van der Waals surface area contributed by atoms with E-state index < -0.39 is 35.2 Å². The first-order valence-corrected chi connectivity index (χ1v) is 9.90. The summed E-state index contributed by atoms with van der Waals surface area (Å²) in [6.45, 7) is 0.669. The molecule has 0 fully saturated rings. The molecule has 3 N–H and O–H groups in total. The third-order valence-corrected chi connectivity index (χ3v) is 4.82. The Bertz CT molecular complexity index is 1320. The molecule has 170 valence electrons. The average molecular weight is 450 g/mol. The zero-order chi connectivity index (χ0) is 24.1. The summed E-state index contributed by atoms with van der Waals surface area (Å²) in [5, 5.41) is 2.56. The first kappa shape index (κ1) is 23.2. The smallest absolute Gasteiger partial charge is 0.338 e. The molecule has 3 rings (SSSR count). The van der Waals surface area contributed by atoms with Gasteiger partial charge in [-0.15, -0.1) is 0 Å². The van der Waals surface area contributed by atoms with Gasteiger partial charge >= 0.3 is 11.7 Å². The number of nitrogens with one attached hydrogen (secondary N) is 1. The summed E-state index contributed by atoms with van der Waals surface area (Å²) in [5.74, 6) is -2.19. The Balaban J connectivity index is 1.80. The van der Waals surface area contributed by atoms with Crippen LogP contribution in [-0.2, 0) is 23.1 Å². The van der Waals surface area contributed by atoms with Gasteiger partial charge < -0.3 is 15.8 Å². The number of ketones is 1. The van der Waals surface area contributed by atoms with Gasteiger partial charge in [0.25, 0.3) is 5.56 Å². The number of Topliss-reactive ketones (excluding diaryl/α,β-unsaturated/α-hetero) is 1. The van der Waals surface area contributed by atoms with Gasteiger partial charge in [-0.2, -0.15) is 0 Å². The number of rotatable bonds is 7. The molecule has 0 saturated carbocycles. The number of benzene rings is 2. The van der Waals surface area contributed by atoms with Gasteiger partial charge in [0, 0.05) is 19.7 Å². The summed E-state index contributed by atoms with van der Waals surface area (Å²) in [7, 11) is 1.24. The molecule has 2 aromatic carbocycles. The van der Waals surface area contributed by atoms with Crippen LogP contribution in [0.15, 0.2) is 64.2 Å². The second-order valence-corrected chi connectivity index (χ2v) is 7.24. The van der Waals surface area contributed by atoms with E-state index in [0.29, 0.717) is 5.69 Å². The van der Waals surface area contributed by atoms with Gasteiger partial charge in [0.2, 0.25) is 11.7 Å². The summed E-state index contributed by atoms with van der Waals surface area (Å²) in [4.78, 5) is 61.2. The van der Waals surface area contributed by atoms with Gasteiger partial charge in [-0.25, -0.2) is 9.59 Å². The summed E-state index contributed by atoms with van der Waals surface area (Å²) in [6.07, 6.45) is 0. The second-order valence-electron chi connectivity index (χ2n) is 7.24. The van der Waals surface area contributed by atoms with Crippen LogP contribution in [0.5, 0.6) is 0 Å². The highest BCUT2D eigenvalue weighted by molar-refractivity contribution is 6.02. The molecule has 0 aliphatic heterocycles. The van der Waals surface area contributed by atoms with Crippen LogP contribution >= 0.6 is 0 Å². The summed E-state index contributed by atoms with van der Waals surface area (Å²) in [5.41, 5.74) is 5.44. The predicted molar refractivity (Wildman–Crippen MR) is 121 cm³/mol. The number of nitrogen functional groups attached to an aromatic ring is 1. The van der Waals surface area contributed by atoms with Crippen molar-refractivity contribution < 1.29 is 19.1 Å². The van der Waals surface area contributed by atoms with E-state index in [2.05, 4.69) is 5.32 Å². The molecule has 1 heterocycles. The summed E-state index contributed by atoms with van der Waals surface area (Å²) >= 11 is 0. The zero-order valence-corrected chi connectivity index (χ0v) is 18.0. The maximum absolute atomic E-state index is 12.7. The third kappa shape index (κ3) is 5.24. The van der Waals surface area contributed by atoms with Crippen LogP contribution < -0.4 is 22.3 Å². The molecular formula is C23H22N4O6. The maximum Gasteiger partial charge on any atom is 0.338 e. The number of hydrogen-bond acceptors (Lipinski definition) is 7. The highest BCUT2D eigenvalue weighted by atomic mass is 16.5. The van der Waals surface area contributed by atoms with E-state index in [0.717, 1.165) is 14.7 Å². The number of esters is 1. The Hall–Kier alpha value is -4.47. The first-order valence-electron chi connectivity index (χ1n) is 9.90. The minimum absolute atomic E-state index is 0.0559. The van der Waals surface area contributed by atoms with Crippen LogP contribution in [0, 0.1) is 0 Å². The molecule has 10 nitrogen and oxygen atoms in total. The number of anilines is 2. The molecule has 1 aromatic heterocycles. The van der Waals surface area contributed by atoms with Crippen molar-refractivity contribution in [3.8, 4) is 0 Å². The molecule has 3 aromatic rings. The Kier molecular flexibility index (Phi) is 6.87. The molecule has 0 radical (unpaired) electrons. The van der Waals surface area contributed by atoms with Crippen molar-refractivity contribution in [2.75, 3.05) is 17.7 Å². The van der Waals surface area contributed by atoms with Crippen LogP contribution in [0.3, 0.4) is 0 Å². The minimum atomic E-state index is -0.873. The van der Waals surface area contributed by atoms with Gasteiger partial charge in [-0.05, 0) is 29.8 Å². The van der Waals surface area contributed by atoms with Crippen LogP contribution in [-0.4, -0.2) is 33.4 Å². The Morgan fingerprint density at radius 1 is 1.00 bits per heavy atom. The number of nitrogens with zero attached hydrogens (tertiary/aromatic N) is 2. The number of nitrogens with two attached hydrogens (primary N) is 1. The van der Waals surface area contributed by atoms with Crippen molar-refractivity contribution in [3.63, 3.8) is 0 Å². The highest BCUT2D eigenvalue weighted by Gasteiger charge is 2.23. The molecule has 0 saturated heterocycles. The van der Waals surface area contributed by atoms with Crippen molar-refractivity contribution in [3.05, 3.63) is 92.1 Å². The molecule has 10 heteroatoms. The number of amides is 1. The normalized spacial score (nSPS) is 10.5. The molecule has 0 unspecified atom stereocenters. The predicted octanol–water partition coefficient (Wildman–Crippen LogP) is 1.18.